The SMILES string of the molecule is CC(=O)C(c1cc(OS(=O)(=O)C(F)(F)C(F)(F)C(F)(F)C(F)(F)F)no1)C(C)C. The molecule has 0 fully saturated rings. The summed E-state index contributed by atoms with van der Waals surface area (Å²) >= 11 is 0. The molecule has 1 aromatic rings. The van der Waals surface area contributed by atoms with Crippen LogP contribution in [0.25, 0.3) is 0 Å². The molecule has 0 aromatic carbocycles. The van der Waals surface area contributed by atoms with Crippen LogP contribution in [0.2, 0.25) is 0 Å². The predicted octanol–water partition coefficient (Wildman–Crippen LogP) is 4.14. The second-order valence-corrected chi connectivity index (χ2v) is 7.69. The minimum Gasteiger partial charge on any atom is -0.357 e. The maximum absolute atomic E-state index is 13.6. The third-order valence-corrected chi connectivity index (χ3v) is 4.82. The Labute approximate surface area is 157 Å². The summed E-state index contributed by atoms with van der Waals surface area (Å²) in [6.45, 7) is 4.04. The molecule has 0 bridgehead atoms. The van der Waals surface area contributed by atoms with Gasteiger partial charge in [-0.3, -0.25) is 4.79 Å². The maximum Gasteiger partial charge on any atom is 0.460 e. The van der Waals surface area contributed by atoms with Gasteiger partial charge in [0.25, 0.3) is 5.88 Å². The number of hydrogen-bond donors (Lipinski definition) is 0. The molecule has 0 N–H and O–H groups in total. The lowest BCUT2D eigenvalue weighted by Gasteiger charge is -2.32. The third-order valence-electron chi connectivity index (χ3n) is 3.54. The number of carbonyl (C=O) groups excluding carboxylic acids is 1. The van der Waals surface area contributed by atoms with Crippen molar-refractivity contribution in [3.8, 4) is 5.88 Å². The summed E-state index contributed by atoms with van der Waals surface area (Å²) in [7, 11) is -7.14. The first-order valence-electron chi connectivity index (χ1n) is 7.32. The van der Waals surface area contributed by atoms with Gasteiger partial charge < -0.3 is 8.71 Å². The minimum atomic E-state index is -7.44. The van der Waals surface area contributed by atoms with Crippen molar-refractivity contribution in [3.05, 3.63) is 11.8 Å². The molecule has 0 aliphatic carbocycles. The fourth-order valence-electron chi connectivity index (χ4n) is 2.14. The van der Waals surface area contributed by atoms with Gasteiger partial charge in [-0.05, 0) is 18.0 Å². The van der Waals surface area contributed by atoms with Gasteiger partial charge in [-0.2, -0.15) is 47.9 Å². The molecule has 1 heterocycles. The van der Waals surface area contributed by atoms with Crippen molar-refractivity contribution < 1.29 is 61.4 Å². The first kappa shape index (κ1) is 25.0. The Morgan fingerprint density at radius 2 is 1.52 bits per heavy atom. The smallest absolute Gasteiger partial charge is 0.357 e. The predicted molar refractivity (Wildman–Crippen MR) is 75.2 cm³/mol. The number of nitrogens with zero attached hydrogens (tertiary/aromatic N) is 1. The van der Waals surface area contributed by atoms with Crippen LogP contribution >= 0.6 is 0 Å². The number of Topliss-reactive ketones (excluding diaryl/α,β-unsaturated/α-hetero) is 1. The summed E-state index contributed by atoms with van der Waals surface area (Å²) < 4.78 is 146. The van der Waals surface area contributed by atoms with Gasteiger partial charge in [-0.15, -0.1) is 0 Å². The third kappa shape index (κ3) is 4.16. The molecule has 0 saturated heterocycles. The number of halogens is 9. The molecule has 6 nitrogen and oxygen atoms in total. The number of aromatic nitrogens is 1. The van der Waals surface area contributed by atoms with E-state index < -0.39 is 62.7 Å². The lowest BCUT2D eigenvalue weighted by Crippen LogP contribution is -2.63. The summed E-state index contributed by atoms with van der Waals surface area (Å²) in [6, 6.07) is 0.416. The van der Waals surface area contributed by atoms with E-state index in [1.54, 1.807) is 0 Å². The monoisotopic (exact) mass is 465 g/mol. The summed E-state index contributed by atoms with van der Waals surface area (Å²) in [5.41, 5.74) is 0. The molecule has 1 aromatic heterocycles. The van der Waals surface area contributed by atoms with Crippen LogP contribution in [-0.4, -0.2) is 42.6 Å². The van der Waals surface area contributed by atoms with Crippen molar-refractivity contribution in [3.63, 3.8) is 0 Å². The highest BCUT2D eigenvalue weighted by molar-refractivity contribution is 7.88. The van der Waals surface area contributed by atoms with Crippen LogP contribution in [0.4, 0.5) is 39.5 Å². The molecule has 16 heteroatoms. The lowest BCUT2D eigenvalue weighted by atomic mass is 9.90. The highest BCUT2D eigenvalue weighted by Gasteiger charge is 2.86. The molecule has 0 aliphatic rings. The summed E-state index contributed by atoms with van der Waals surface area (Å²) in [5.74, 6) is -19.0. The van der Waals surface area contributed by atoms with Gasteiger partial charge in [0.05, 0.1) is 5.92 Å². The molecular formula is C13H12F9NO5S. The molecule has 0 amide bonds. The Morgan fingerprint density at radius 1 is 1.03 bits per heavy atom. The van der Waals surface area contributed by atoms with E-state index >= 15 is 0 Å². The average Bonchev–Trinajstić information content (AvgIpc) is 2.91. The number of rotatable bonds is 8. The van der Waals surface area contributed by atoms with Crippen LogP contribution < -0.4 is 4.18 Å². The van der Waals surface area contributed by atoms with E-state index in [1.807, 2.05) is 0 Å². The molecule has 168 valence electrons. The van der Waals surface area contributed by atoms with Gasteiger partial charge >= 0.3 is 33.4 Å². The summed E-state index contributed by atoms with van der Waals surface area (Å²) in [4.78, 5) is 11.5. The first-order valence-corrected chi connectivity index (χ1v) is 8.72. The lowest BCUT2D eigenvalue weighted by molar-refractivity contribution is -0.382. The normalized spacial score (nSPS) is 15.5. The molecule has 0 aliphatic heterocycles. The number of carbonyl (C=O) groups is 1. The van der Waals surface area contributed by atoms with Gasteiger partial charge in [0.1, 0.15) is 5.78 Å². The van der Waals surface area contributed by atoms with Gasteiger partial charge in [0, 0.05) is 6.07 Å². The number of hydrogen-bond acceptors (Lipinski definition) is 6. The fourth-order valence-corrected chi connectivity index (χ4v) is 2.99. The second kappa shape index (κ2) is 7.36. The summed E-state index contributed by atoms with van der Waals surface area (Å²) in [6.07, 6.45) is -7.21. The maximum atomic E-state index is 13.6. The van der Waals surface area contributed by atoms with E-state index in [4.69, 9.17) is 0 Å². The largest absolute Gasteiger partial charge is 0.460 e. The second-order valence-electron chi connectivity index (χ2n) is 6.10. The summed E-state index contributed by atoms with van der Waals surface area (Å²) in [5, 5.41) is -4.25. The molecule has 1 atom stereocenters. The standard InChI is InChI=1S/C13H12F9NO5S/c1-5(2)9(6(3)24)7-4-8(23-27-7)28-29(25,26)13(21,22)11(16,17)10(14,15)12(18,19)20/h4-5,9H,1-3H3. The molecule has 29 heavy (non-hydrogen) atoms. The molecular weight excluding hydrogens is 453 g/mol. The quantitative estimate of drug-likeness (QED) is 0.424. The van der Waals surface area contributed by atoms with Crippen LogP contribution in [0.5, 0.6) is 5.88 Å². The van der Waals surface area contributed by atoms with E-state index in [0.717, 1.165) is 6.92 Å². The highest BCUT2D eigenvalue weighted by atomic mass is 32.2. The number of alkyl halides is 9. The van der Waals surface area contributed by atoms with Crippen molar-refractivity contribution in [2.75, 3.05) is 0 Å². The minimum absolute atomic E-state index is 0.416. The van der Waals surface area contributed by atoms with E-state index in [-0.39, 0.29) is 0 Å². The fraction of sp³-hybridized carbons (Fsp3) is 0.692. The van der Waals surface area contributed by atoms with E-state index in [0.29, 0.717) is 6.07 Å². The van der Waals surface area contributed by atoms with E-state index in [9.17, 15) is 52.7 Å². The topological polar surface area (TPSA) is 86.5 Å². The number of ketones is 1. The van der Waals surface area contributed by atoms with Gasteiger partial charge in [0.2, 0.25) is 0 Å². The van der Waals surface area contributed by atoms with Crippen molar-refractivity contribution in [2.45, 2.75) is 50.0 Å². The Morgan fingerprint density at radius 3 is 1.90 bits per heavy atom. The van der Waals surface area contributed by atoms with Crippen LogP contribution in [-0.2, 0) is 14.9 Å². The van der Waals surface area contributed by atoms with E-state index in [2.05, 4.69) is 13.9 Å². The van der Waals surface area contributed by atoms with Crippen LogP contribution in [0.15, 0.2) is 10.6 Å². The van der Waals surface area contributed by atoms with Crippen LogP contribution in [0.1, 0.15) is 32.4 Å². The Kier molecular flexibility index (Phi) is 6.35. The van der Waals surface area contributed by atoms with E-state index in [1.165, 1.54) is 13.8 Å². The molecule has 0 spiro atoms. The zero-order chi connectivity index (χ0) is 23.2. The van der Waals surface area contributed by atoms with Crippen molar-refractivity contribution in [1.82, 2.24) is 5.16 Å². The first-order chi connectivity index (χ1) is 12.7. The van der Waals surface area contributed by atoms with Crippen molar-refractivity contribution in [2.24, 2.45) is 5.92 Å². The molecule has 0 saturated carbocycles. The zero-order valence-corrected chi connectivity index (χ0v) is 15.3. The molecule has 0 radical (unpaired) electrons. The molecule has 1 rings (SSSR count). The average molecular weight is 465 g/mol. The Hall–Kier alpha value is -2.00. The molecule has 1 unspecified atom stereocenters. The van der Waals surface area contributed by atoms with Crippen molar-refractivity contribution in [1.29, 1.82) is 0 Å². The van der Waals surface area contributed by atoms with Gasteiger partial charge in [-0.1, -0.05) is 13.8 Å². The highest BCUT2D eigenvalue weighted by Crippen LogP contribution is 2.54. The Balaban J connectivity index is 3.32. The zero-order valence-electron chi connectivity index (χ0n) is 14.5. The van der Waals surface area contributed by atoms with Gasteiger partial charge in [-0.25, -0.2) is 0 Å². The van der Waals surface area contributed by atoms with Crippen molar-refractivity contribution >= 4 is 15.9 Å². The van der Waals surface area contributed by atoms with Crippen LogP contribution in [0, 0.1) is 5.92 Å². The van der Waals surface area contributed by atoms with Gasteiger partial charge in [0.15, 0.2) is 5.76 Å². The Bertz CT molecular complexity index is 860. The van der Waals surface area contributed by atoms with Crippen LogP contribution in [0.3, 0.4) is 0 Å².